The molecule has 0 saturated heterocycles. The molecule has 0 atom stereocenters. The van der Waals surface area contributed by atoms with E-state index in [0.717, 1.165) is 16.8 Å². The molecule has 1 aromatic carbocycles. The van der Waals surface area contributed by atoms with Crippen LogP contribution >= 0.6 is 22.7 Å². The number of carbonyl (C=O) groups excluding carboxylic acids is 2. The van der Waals surface area contributed by atoms with Gasteiger partial charge in [0.15, 0.2) is 11.7 Å². The van der Waals surface area contributed by atoms with Crippen molar-refractivity contribution in [3.8, 4) is 11.3 Å². The van der Waals surface area contributed by atoms with E-state index in [1.165, 1.54) is 22.7 Å². The molecule has 0 unspecified atom stereocenters. The SMILES string of the molecule is Cc1ccsc1C(=O)OCC(=O)Nc1nc(-c2ccccc2)cs1. The van der Waals surface area contributed by atoms with Crippen molar-refractivity contribution >= 4 is 39.7 Å². The average Bonchev–Trinajstić information content (AvgIpc) is 3.22. The van der Waals surface area contributed by atoms with Gasteiger partial charge in [-0.3, -0.25) is 10.1 Å². The molecule has 0 aliphatic heterocycles. The van der Waals surface area contributed by atoms with E-state index in [4.69, 9.17) is 4.74 Å². The van der Waals surface area contributed by atoms with Crippen molar-refractivity contribution in [2.45, 2.75) is 6.92 Å². The molecule has 5 nitrogen and oxygen atoms in total. The third-order valence-electron chi connectivity index (χ3n) is 3.20. The third-order valence-corrected chi connectivity index (χ3v) is 4.96. The summed E-state index contributed by atoms with van der Waals surface area (Å²) in [5, 5.41) is 6.80. The number of thiophene rings is 1. The van der Waals surface area contributed by atoms with Gasteiger partial charge in [0.2, 0.25) is 0 Å². The highest BCUT2D eigenvalue weighted by atomic mass is 32.1. The molecule has 0 saturated carbocycles. The number of anilines is 1. The normalized spacial score (nSPS) is 10.4. The fourth-order valence-electron chi connectivity index (χ4n) is 2.01. The van der Waals surface area contributed by atoms with Crippen molar-refractivity contribution < 1.29 is 14.3 Å². The Morgan fingerprint density at radius 1 is 1.17 bits per heavy atom. The molecule has 24 heavy (non-hydrogen) atoms. The number of amides is 1. The van der Waals surface area contributed by atoms with Crippen LogP contribution in [0.15, 0.2) is 47.2 Å². The van der Waals surface area contributed by atoms with Crippen LogP contribution in [0.25, 0.3) is 11.3 Å². The number of carbonyl (C=O) groups is 2. The van der Waals surface area contributed by atoms with Gasteiger partial charge in [-0.05, 0) is 23.9 Å². The summed E-state index contributed by atoms with van der Waals surface area (Å²) in [7, 11) is 0. The van der Waals surface area contributed by atoms with Crippen LogP contribution in [0.2, 0.25) is 0 Å². The molecule has 0 aliphatic carbocycles. The van der Waals surface area contributed by atoms with Crippen LogP contribution in [-0.2, 0) is 9.53 Å². The highest BCUT2D eigenvalue weighted by Crippen LogP contribution is 2.24. The standard InChI is InChI=1S/C17H14N2O3S2/c1-11-7-8-23-15(11)16(21)22-9-14(20)19-17-18-13(10-24-17)12-5-3-2-4-6-12/h2-8,10H,9H2,1H3,(H,18,19,20). The minimum atomic E-state index is -0.484. The summed E-state index contributed by atoms with van der Waals surface area (Å²) in [4.78, 5) is 28.6. The molecule has 0 aliphatic rings. The second-order valence-electron chi connectivity index (χ2n) is 4.96. The van der Waals surface area contributed by atoms with Gasteiger partial charge >= 0.3 is 5.97 Å². The predicted octanol–water partition coefficient (Wildman–Crippen LogP) is 3.98. The van der Waals surface area contributed by atoms with Gasteiger partial charge in [-0.25, -0.2) is 9.78 Å². The number of rotatable bonds is 5. The number of nitrogens with one attached hydrogen (secondary N) is 1. The van der Waals surface area contributed by atoms with Crippen molar-refractivity contribution in [2.75, 3.05) is 11.9 Å². The fraction of sp³-hybridized carbons (Fsp3) is 0.118. The highest BCUT2D eigenvalue weighted by molar-refractivity contribution is 7.14. The van der Waals surface area contributed by atoms with Gasteiger partial charge in [0.1, 0.15) is 4.88 Å². The van der Waals surface area contributed by atoms with E-state index in [0.29, 0.717) is 10.0 Å². The van der Waals surface area contributed by atoms with E-state index in [2.05, 4.69) is 10.3 Å². The smallest absolute Gasteiger partial charge is 0.349 e. The number of benzene rings is 1. The van der Waals surface area contributed by atoms with Crippen molar-refractivity contribution in [2.24, 2.45) is 0 Å². The first-order valence-corrected chi connectivity index (χ1v) is 8.91. The first kappa shape index (κ1) is 16.4. The van der Waals surface area contributed by atoms with Crippen molar-refractivity contribution in [3.63, 3.8) is 0 Å². The molecule has 1 amide bonds. The lowest BCUT2D eigenvalue weighted by molar-refractivity contribution is -0.119. The zero-order chi connectivity index (χ0) is 16.9. The lowest BCUT2D eigenvalue weighted by Crippen LogP contribution is -2.20. The molecule has 3 rings (SSSR count). The van der Waals surface area contributed by atoms with Gasteiger partial charge < -0.3 is 4.74 Å². The number of hydrogen-bond acceptors (Lipinski definition) is 6. The lowest BCUT2D eigenvalue weighted by atomic mass is 10.2. The maximum Gasteiger partial charge on any atom is 0.349 e. The molecule has 0 radical (unpaired) electrons. The minimum Gasteiger partial charge on any atom is -0.451 e. The summed E-state index contributed by atoms with van der Waals surface area (Å²) < 4.78 is 5.03. The Morgan fingerprint density at radius 2 is 1.96 bits per heavy atom. The van der Waals surface area contributed by atoms with E-state index in [1.807, 2.05) is 54.1 Å². The summed E-state index contributed by atoms with van der Waals surface area (Å²) in [6, 6.07) is 11.5. The summed E-state index contributed by atoms with van der Waals surface area (Å²) >= 11 is 2.62. The Bertz CT molecular complexity index is 856. The fourth-order valence-corrected chi connectivity index (χ4v) is 3.56. The van der Waals surface area contributed by atoms with E-state index < -0.39 is 11.9 Å². The van der Waals surface area contributed by atoms with Gasteiger partial charge in [0, 0.05) is 10.9 Å². The van der Waals surface area contributed by atoms with E-state index in [1.54, 1.807) is 0 Å². The van der Waals surface area contributed by atoms with Crippen LogP contribution in [0.1, 0.15) is 15.2 Å². The summed E-state index contributed by atoms with van der Waals surface area (Å²) in [6.07, 6.45) is 0. The molecule has 1 N–H and O–H groups in total. The van der Waals surface area contributed by atoms with E-state index in [-0.39, 0.29) is 6.61 Å². The number of aromatic nitrogens is 1. The first-order chi connectivity index (χ1) is 11.6. The lowest BCUT2D eigenvalue weighted by Gasteiger charge is -2.04. The molecular formula is C17H14N2O3S2. The first-order valence-electron chi connectivity index (χ1n) is 7.15. The Morgan fingerprint density at radius 3 is 2.67 bits per heavy atom. The highest BCUT2D eigenvalue weighted by Gasteiger charge is 2.14. The molecule has 0 bridgehead atoms. The van der Waals surface area contributed by atoms with E-state index in [9.17, 15) is 9.59 Å². The number of thiazole rings is 1. The van der Waals surface area contributed by atoms with Gasteiger partial charge in [0.05, 0.1) is 5.69 Å². The zero-order valence-electron chi connectivity index (χ0n) is 12.8. The maximum absolute atomic E-state index is 11.9. The summed E-state index contributed by atoms with van der Waals surface area (Å²) in [5.74, 6) is -0.895. The van der Waals surface area contributed by atoms with Gasteiger partial charge in [0.25, 0.3) is 5.91 Å². The summed E-state index contributed by atoms with van der Waals surface area (Å²) in [6.45, 7) is 1.49. The quantitative estimate of drug-likeness (QED) is 0.701. The number of nitrogens with zero attached hydrogens (tertiary/aromatic N) is 1. The molecule has 2 aromatic heterocycles. The van der Waals surface area contributed by atoms with Crippen molar-refractivity contribution in [1.82, 2.24) is 4.98 Å². The molecule has 0 fully saturated rings. The maximum atomic E-state index is 11.9. The van der Waals surface area contributed by atoms with E-state index >= 15 is 0 Å². The Kier molecular flexibility index (Phi) is 5.02. The van der Waals surface area contributed by atoms with Crippen molar-refractivity contribution in [1.29, 1.82) is 0 Å². The van der Waals surface area contributed by atoms with Crippen LogP contribution in [0, 0.1) is 6.92 Å². The Balaban J connectivity index is 1.55. The monoisotopic (exact) mass is 358 g/mol. The van der Waals surface area contributed by atoms with Crippen molar-refractivity contribution in [3.05, 3.63) is 57.6 Å². The second kappa shape index (κ2) is 7.37. The molecule has 0 spiro atoms. The second-order valence-corrected chi connectivity index (χ2v) is 6.74. The summed E-state index contributed by atoms with van der Waals surface area (Å²) in [5.41, 5.74) is 2.62. The zero-order valence-corrected chi connectivity index (χ0v) is 14.4. The van der Waals surface area contributed by atoms with Gasteiger partial charge in [-0.2, -0.15) is 0 Å². The van der Waals surface area contributed by atoms with Crippen LogP contribution < -0.4 is 5.32 Å². The molecule has 2 heterocycles. The average molecular weight is 358 g/mol. The topological polar surface area (TPSA) is 68.3 Å². The number of ether oxygens (including phenoxy) is 1. The molecule has 122 valence electrons. The molecule has 7 heteroatoms. The largest absolute Gasteiger partial charge is 0.451 e. The minimum absolute atomic E-state index is 0.337. The van der Waals surface area contributed by atoms with Gasteiger partial charge in [-0.15, -0.1) is 22.7 Å². The molecule has 3 aromatic rings. The van der Waals surface area contributed by atoms with Crippen LogP contribution in [-0.4, -0.2) is 23.5 Å². The van der Waals surface area contributed by atoms with Crippen LogP contribution in [0.5, 0.6) is 0 Å². The van der Waals surface area contributed by atoms with Crippen LogP contribution in [0.3, 0.4) is 0 Å². The van der Waals surface area contributed by atoms with Crippen LogP contribution in [0.4, 0.5) is 5.13 Å². The molecular weight excluding hydrogens is 344 g/mol. The predicted molar refractivity (Wildman–Crippen MR) is 95.5 cm³/mol. The Labute approximate surface area is 146 Å². The number of aryl methyl sites for hydroxylation is 1. The number of esters is 1. The van der Waals surface area contributed by atoms with Gasteiger partial charge in [-0.1, -0.05) is 30.3 Å². The third kappa shape index (κ3) is 3.87. The number of hydrogen-bond donors (Lipinski definition) is 1. The Hall–Kier alpha value is -2.51.